The fourth-order valence-electron chi connectivity index (χ4n) is 3.97. The van der Waals surface area contributed by atoms with Gasteiger partial charge in [-0.15, -0.1) is 0 Å². The molecule has 0 bridgehead atoms. The van der Waals surface area contributed by atoms with Crippen LogP contribution in [0.25, 0.3) is 11.0 Å². The average Bonchev–Trinajstić information content (AvgIpc) is 2.94. The summed E-state index contributed by atoms with van der Waals surface area (Å²) in [5.41, 5.74) is 3.40. The van der Waals surface area contributed by atoms with Crippen molar-refractivity contribution < 1.29 is 14.6 Å². The van der Waals surface area contributed by atoms with Gasteiger partial charge in [0.25, 0.3) is 0 Å². The molecule has 0 saturated carbocycles. The van der Waals surface area contributed by atoms with Gasteiger partial charge in [-0.25, -0.2) is 4.79 Å². The molecule has 154 valence electrons. The molecule has 0 spiro atoms. The second kappa shape index (κ2) is 7.32. The first kappa shape index (κ1) is 18.9. The van der Waals surface area contributed by atoms with E-state index in [-0.39, 0.29) is 23.1 Å². The number of aryl methyl sites for hydroxylation is 1. The lowest BCUT2D eigenvalue weighted by molar-refractivity contribution is 0.465. The number of nitrogens with one attached hydrogen (secondary N) is 1. The molecular weight excluding hydrogens is 392 g/mol. The van der Waals surface area contributed by atoms with Crippen LogP contribution >= 0.6 is 0 Å². The summed E-state index contributed by atoms with van der Waals surface area (Å²) in [6, 6.07) is 19.5. The first-order valence-corrected chi connectivity index (χ1v) is 9.98. The van der Waals surface area contributed by atoms with E-state index in [1.165, 1.54) is 0 Å². The molecule has 0 fully saturated rings. The third kappa shape index (κ3) is 3.42. The minimum absolute atomic E-state index is 0.0572. The maximum atomic E-state index is 12.9. The molecule has 3 N–H and O–H groups in total. The predicted octanol–water partition coefficient (Wildman–Crippen LogP) is 5.19. The minimum Gasteiger partial charge on any atom is -0.508 e. The molecule has 0 radical (unpaired) electrons. The van der Waals surface area contributed by atoms with Crippen molar-refractivity contribution in [2.24, 2.45) is 4.99 Å². The maximum Gasteiger partial charge on any atom is 0.349 e. The van der Waals surface area contributed by atoms with Gasteiger partial charge < -0.3 is 19.9 Å². The largest absolute Gasteiger partial charge is 0.508 e. The Morgan fingerprint density at radius 1 is 1.03 bits per heavy atom. The van der Waals surface area contributed by atoms with Crippen molar-refractivity contribution in [2.45, 2.75) is 19.4 Å². The highest BCUT2D eigenvalue weighted by Gasteiger charge is 2.26. The topological polar surface area (TPSA) is 95.1 Å². The molecule has 6 nitrogen and oxygen atoms in total. The Balaban J connectivity index is 1.72. The minimum atomic E-state index is -0.637. The molecule has 3 aromatic carbocycles. The van der Waals surface area contributed by atoms with Crippen LogP contribution in [0.4, 0.5) is 11.4 Å². The number of para-hydroxylation sites is 2. The number of rotatable bonds is 2. The number of anilines is 1. The molecule has 31 heavy (non-hydrogen) atoms. The molecule has 1 aromatic heterocycles. The van der Waals surface area contributed by atoms with Gasteiger partial charge in [0.05, 0.1) is 28.5 Å². The van der Waals surface area contributed by atoms with Gasteiger partial charge in [0.15, 0.2) is 0 Å². The van der Waals surface area contributed by atoms with Crippen molar-refractivity contribution in [1.29, 1.82) is 0 Å². The fourth-order valence-corrected chi connectivity index (χ4v) is 3.97. The van der Waals surface area contributed by atoms with E-state index >= 15 is 0 Å². The van der Waals surface area contributed by atoms with Crippen LogP contribution in [0.2, 0.25) is 0 Å². The van der Waals surface area contributed by atoms with Gasteiger partial charge in [-0.1, -0.05) is 35.9 Å². The van der Waals surface area contributed by atoms with Gasteiger partial charge in [-0.2, -0.15) is 0 Å². The highest BCUT2D eigenvalue weighted by atomic mass is 16.4. The smallest absolute Gasteiger partial charge is 0.349 e. The molecule has 1 atom stereocenters. The predicted molar refractivity (Wildman–Crippen MR) is 121 cm³/mol. The Hall–Kier alpha value is -4.06. The van der Waals surface area contributed by atoms with Gasteiger partial charge in [0.2, 0.25) is 0 Å². The summed E-state index contributed by atoms with van der Waals surface area (Å²) in [4.78, 5) is 17.6. The van der Waals surface area contributed by atoms with Crippen molar-refractivity contribution in [3.63, 3.8) is 0 Å². The number of aliphatic imine (C=N–C) groups is 1. The third-order valence-corrected chi connectivity index (χ3v) is 5.48. The Morgan fingerprint density at radius 3 is 2.71 bits per heavy atom. The maximum absolute atomic E-state index is 12.9. The lowest BCUT2D eigenvalue weighted by Gasteiger charge is -2.19. The number of nitrogens with zero attached hydrogens (tertiary/aromatic N) is 1. The first-order chi connectivity index (χ1) is 15.0. The number of hydrogen-bond donors (Lipinski definition) is 3. The number of phenolic OH excluding ortho intramolecular Hbond substituents is 1. The standard InChI is InChI=1S/C25H20N2O4/c1-14-9-10-22-17(11-14)24(29)23(25(30)31-22)21-13-20(15-5-4-6-16(28)12-15)26-18-7-2-3-8-19(18)27-21/h2-12,20,26,28-29H,13H2,1H3. The second-order valence-electron chi connectivity index (χ2n) is 7.68. The number of benzene rings is 3. The van der Waals surface area contributed by atoms with E-state index in [2.05, 4.69) is 5.32 Å². The summed E-state index contributed by atoms with van der Waals surface area (Å²) in [5.74, 6) is 0.0154. The normalized spacial score (nSPS) is 15.6. The Kier molecular flexibility index (Phi) is 4.47. The van der Waals surface area contributed by atoms with Crippen LogP contribution in [-0.4, -0.2) is 15.9 Å². The average molecular weight is 412 g/mol. The number of aromatic hydroxyl groups is 2. The van der Waals surface area contributed by atoms with Gasteiger partial charge in [0.1, 0.15) is 22.6 Å². The van der Waals surface area contributed by atoms with Crippen molar-refractivity contribution >= 4 is 28.1 Å². The quantitative estimate of drug-likeness (QED) is 0.394. The van der Waals surface area contributed by atoms with E-state index in [0.717, 1.165) is 16.8 Å². The van der Waals surface area contributed by atoms with Crippen LogP contribution in [0.5, 0.6) is 11.5 Å². The molecule has 1 aliphatic rings. The van der Waals surface area contributed by atoms with Crippen LogP contribution in [-0.2, 0) is 0 Å². The molecular formula is C25H20N2O4. The van der Waals surface area contributed by atoms with E-state index in [0.29, 0.717) is 28.8 Å². The SMILES string of the molecule is Cc1ccc2oc(=O)c(C3=Nc4ccccc4NC(c4cccc(O)c4)C3)c(O)c2c1. The van der Waals surface area contributed by atoms with Gasteiger partial charge in [-0.3, -0.25) is 4.99 Å². The summed E-state index contributed by atoms with van der Waals surface area (Å²) in [7, 11) is 0. The molecule has 5 rings (SSSR count). The molecule has 2 heterocycles. The zero-order valence-electron chi connectivity index (χ0n) is 16.8. The fraction of sp³-hybridized carbons (Fsp3) is 0.120. The van der Waals surface area contributed by atoms with E-state index in [1.54, 1.807) is 30.3 Å². The summed E-state index contributed by atoms with van der Waals surface area (Å²) < 4.78 is 5.51. The van der Waals surface area contributed by atoms with Crippen LogP contribution in [0.15, 0.2) is 80.9 Å². The Bertz CT molecular complexity index is 1400. The van der Waals surface area contributed by atoms with Crippen LogP contribution < -0.4 is 10.9 Å². The zero-order valence-corrected chi connectivity index (χ0v) is 16.8. The van der Waals surface area contributed by atoms with E-state index < -0.39 is 5.63 Å². The molecule has 1 aliphatic heterocycles. The number of hydrogen-bond acceptors (Lipinski definition) is 6. The van der Waals surface area contributed by atoms with Crippen LogP contribution in [0.3, 0.4) is 0 Å². The monoisotopic (exact) mass is 412 g/mol. The Morgan fingerprint density at radius 2 is 1.87 bits per heavy atom. The first-order valence-electron chi connectivity index (χ1n) is 9.98. The van der Waals surface area contributed by atoms with Crippen molar-refractivity contribution in [3.8, 4) is 11.5 Å². The number of fused-ring (bicyclic) bond motifs is 2. The molecule has 0 aliphatic carbocycles. The van der Waals surface area contributed by atoms with E-state index in [1.807, 2.05) is 43.3 Å². The molecule has 1 unspecified atom stereocenters. The van der Waals surface area contributed by atoms with Gasteiger partial charge in [-0.05, 0) is 48.9 Å². The van der Waals surface area contributed by atoms with Crippen molar-refractivity contribution in [2.75, 3.05) is 5.32 Å². The molecule has 0 amide bonds. The summed E-state index contributed by atoms with van der Waals surface area (Å²) >= 11 is 0. The van der Waals surface area contributed by atoms with Crippen LogP contribution in [0, 0.1) is 6.92 Å². The van der Waals surface area contributed by atoms with E-state index in [9.17, 15) is 15.0 Å². The van der Waals surface area contributed by atoms with Gasteiger partial charge in [0, 0.05) is 6.42 Å². The summed E-state index contributed by atoms with van der Waals surface area (Å²) in [6.45, 7) is 1.91. The van der Waals surface area contributed by atoms with E-state index in [4.69, 9.17) is 9.41 Å². The second-order valence-corrected chi connectivity index (χ2v) is 7.68. The third-order valence-electron chi connectivity index (χ3n) is 5.48. The Labute approximate surface area is 178 Å². The lowest BCUT2D eigenvalue weighted by Crippen LogP contribution is -2.19. The molecule has 0 saturated heterocycles. The highest BCUT2D eigenvalue weighted by Crippen LogP contribution is 2.37. The summed E-state index contributed by atoms with van der Waals surface area (Å²) in [5, 5.41) is 24.9. The highest BCUT2D eigenvalue weighted by molar-refractivity contribution is 6.08. The molecule has 4 aromatic rings. The molecule has 6 heteroatoms. The number of phenols is 1. The lowest BCUT2D eigenvalue weighted by atomic mass is 9.96. The van der Waals surface area contributed by atoms with Gasteiger partial charge >= 0.3 is 5.63 Å². The van der Waals surface area contributed by atoms with Crippen molar-refractivity contribution in [3.05, 3.63) is 93.8 Å². The van der Waals surface area contributed by atoms with Crippen LogP contribution in [0.1, 0.15) is 29.2 Å². The summed E-state index contributed by atoms with van der Waals surface area (Å²) in [6.07, 6.45) is 0.313. The zero-order chi connectivity index (χ0) is 21.5. The van der Waals surface area contributed by atoms with Crippen molar-refractivity contribution in [1.82, 2.24) is 0 Å².